The Balaban J connectivity index is 3.20. The van der Waals surface area contributed by atoms with Gasteiger partial charge in [-0.3, -0.25) is 0 Å². The number of hydrogen-bond acceptors (Lipinski definition) is 5. The van der Waals surface area contributed by atoms with Crippen LogP contribution in [0.1, 0.15) is 13.8 Å². The van der Waals surface area contributed by atoms with Gasteiger partial charge in [-0.05, 0) is 0 Å². The van der Waals surface area contributed by atoms with Crippen LogP contribution in [-0.2, 0) is 18.2 Å². The summed E-state index contributed by atoms with van der Waals surface area (Å²) < 4.78 is 21.2. The fourth-order valence-electron chi connectivity index (χ4n) is 1.46. The van der Waals surface area contributed by atoms with Crippen molar-refractivity contribution in [2.24, 2.45) is 5.16 Å². The summed E-state index contributed by atoms with van der Waals surface area (Å²) in [7, 11) is 0.976. The van der Waals surface area contributed by atoms with E-state index in [9.17, 15) is 0 Å². The van der Waals surface area contributed by atoms with Gasteiger partial charge in [-0.1, -0.05) is 0 Å². The summed E-state index contributed by atoms with van der Waals surface area (Å²) in [4.78, 5) is 0. The third kappa shape index (κ3) is 1.05. The fraction of sp³-hybridized carbons (Fsp3) is 0.857. The van der Waals surface area contributed by atoms with Crippen LogP contribution >= 0.6 is 7.51 Å². The van der Waals surface area contributed by atoms with E-state index >= 15 is 0 Å². The van der Waals surface area contributed by atoms with Crippen LogP contribution in [0.5, 0.6) is 0 Å². The molecule has 1 rings (SSSR count). The molecule has 0 aromatic heterocycles. The first-order valence-corrected chi connectivity index (χ1v) is 5.82. The van der Waals surface area contributed by atoms with Gasteiger partial charge in [-0.2, -0.15) is 0 Å². The van der Waals surface area contributed by atoms with Gasteiger partial charge in [-0.25, -0.2) is 0 Å². The Kier molecular flexibility index (Phi) is 2.41. The second kappa shape index (κ2) is 2.89. The SMILES string of the molecule is COP1(OC)(OC)ON=CC1(C)C. The molecule has 78 valence electrons. The van der Waals surface area contributed by atoms with Crippen molar-refractivity contribution in [1.82, 2.24) is 0 Å². The summed E-state index contributed by atoms with van der Waals surface area (Å²) in [6.07, 6.45) is 1.64. The number of oxime groups is 1. The molecule has 0 saturated heterocycles. The Morgan fingerprint density at radius 1 is 1.15 bits per heavy atom. The molecule has 0 spiro atoms. The third-order valence-corrected chi connectivity index (χ3v) is 6.71. The molecular weight excluding hydrogens is 193 g/mol. The normalized spacial score (nSPS) is 30.4. The first-order valence-electron chi connectivity index (χ1n) is 3.91. The third-order valence-electron chi connectivity index (χ3n) is 2.44. The van der Waals surface area contributed by atoms with E-state index in [1.54, 1.807) is 6.21 Å². The van der Waals surface area contributed by atoms with Crippen molar-refractivity contribution in [3.05, 3.63) is 0 Å². The predicted octanol–water partition coefficient (Wildman–Crippen LogP) is 1.93. The van der Waals surface area contributed by atoms with Crippen molar-refractivity contribution in [3.63, 3.8) is 0 Å². The molecule has 13 heavy (non-hydrogen) atoms. The van der Waals surface area contributed by atoms with Gasteiger partial charge in [0.05, 0.1) is 0 Å². The number of nitrogens with zero attached hydrogens (tertiary/aromatic N) is 1. The Morgan fingerprint density at radius 2 is 1.62 bits per heavy atom. The zero-order chi connectivity index (χ0) is 10.2. The van der Waals surface area contributed by atoms with E-state index in [2.05, 4.69) is 5.16 Å². The predicted molar refractivity (Wildman–Crippen MR) is 51.6 cm³/mol. The monoisotopic (exact) mass is 209 g/mol. The van der Waals surface area contributed by atoms with Gasteiger partial charge >= 0.3 is 77.4 Å². The summed E-state index contributed by atoms with van der Waals surface area (Å²) in [6.45, 7) is 3.80. The van der Waals surface area contributed by atoms with Gasteiger partial charge in [0.1, 0.15) is 0 Å². The van der Waals surface area contributed by atoms with Crippen LogP contribution < -0.4 is 0 Å². The molecule has 1 aliphatic heterocycles. The zero-order valence-corrected chi connectivity index (χ0v) is 9.50. The quantitative estimate of drug-likeness (QED) is 0.666. The van der Waals surface area contributed by atoms with Crippen molar-refractivity contribution < 1.29 is 18.2 Å². The molecule has 0 unspecified atom stereocenters. The molecule has 5 nitrogen and oxygen atoms in total. The fourth-order valence-corrected chi connectivity index (χ4v) is 4.18. The van der Waals surface area contributed by atoms with Crippen molar-refractivity contribution in [2.45, 2.75) is 19.0 Å². The molecule has 1 aliphatic rings. The molecule has 0 saturated carbocycles. The molecule has 0 bridgehead atoms. The topological polar surface area (TPSA) is 49.3 Å². The minimum absolute atomic E-state index is 0.496. The summed E-state index contributed by atoms with van der Waals surface area (Å²) in [6, 6.07) is 0. The van der Waals surface area contributed by atoms with E-state index in [4.69, 9.17) is 18.2 Å². The molecule has 0 atom stereocenters. The van der Waals surface area contributed by atoms with Crippen LogP contribution in [0.15, 0.2) is 5.16 Å². The molecule has 0 aliphatic carbocycles. The molecule has 0 amide bonds. The molecule has 0 radical (unpaired) electrons. The van der Waals surface area contributed by atoms with Crippen LogP contribution in [0, 0.1) is 0 Å². The Labute approximate surface area is 78.2 Å². The minimum atomic E-state index is -3.53. The van der Waals surface area contributed by atoms with Gasteiger partial charge < -0.3 is 0 Å². The molecule has 6 heteroatoms. The molecule has 0 N–H and O–H groups in total. The standard InChI is InChI=1S/C7H16NO4P/c1-7(2)6-8-12-13(7,9-3,10-4)11-5/h6H,1-5H3. The van der Waals surface area contributed by atoms with Crippen LogP contribution in [0.25, 0.3) is 0 Å². The van der Waals surface area contributed by atoms with Gasteiger partial charge in [0.2, 0.25) is 0 Å². The van der Waals surface area contributed by atoms with Crippen LogP contribution in [0.2, 0.25) is 0 Å². The van der Waals surface area contributed by atoms with Crippen molar-refractivity contribution in [2.75, 3.05) is 21.3 Å². The van der Waals surface area contributed by atoms with Gasteiger partial charge in [0.25, 0.3) is 0 Å². The molecule has 1 heterocycles. The van der Waals surface area contributed by atoms with E-state index < -0.39 is 12.7 Å². The summed E-state index contributed by atoms with van der Waals surface area (Å²) in [5.41, 5.74) is 0. The summed E-state index contributed by atoms with van der Waals surface area (Å²) >= 11 is 0. The number of rotatable bonds is 3. The second-order valence-electron chi connectivity index (χ2n) is 3.33. The van der Waals surface area contributed by atoms with Crippen molar-refractivity contribution in [1.29, 1.82) is 0 Å². The van der Waals surface area contributed by atoms with Crippen molar-refractivity contribution in [3.8, 4) is 0 Å². The Bertz CT molecular complexity index is 226. The average molecular weight is 209 g/mol. The van der Waals surface area contributed by atoms with E-state index in [0.717, 1.165) is 0 Å². The van der Waals surface area contributed by atoms with Crippen LogP contribution in [-0.4, -0.2) is 32.7 Å². The average Bonchev–Trinajstić information content (AvgIpc) is 2.39. The Hall–Kier alpha value is -0.220. The second-order valence-corrected chi connectivity index (χ2v) is 7.37. The van der Waals surface area contributed by atoms with Gasteiger partial charge in [0, 0.05) is 0 Å². The van der Waals surface area contributed by atoms with Gasteiger partial charge in [0.15, 0.2) is 0 Å². The summed E-state index contributed by atoms with van der Waals surface area (Å²) in [5, 5.41) is 3.24. The first kappa shape index (κ1) is 10.9. The van der Waals surface area contributed by atoms with Crippen LogP contribution in [0.4, 0.5) is 0 Å². The van der Waals surface area contributed by atoms with E-state index in [1.807, 2.05) is 13.8 Å². The van der Waals surface area contributed by atoms with Gasteiger partial charge in [-0.15, -0.1) is 0 Å². The number of hydrogen-bond donors (Lipinski definition) is 0. The molecule has 0 aromatic rings. The molecule has 0 aromatic carbocycles. The zero-order valence-electron chi connectivity index (χ0n) is 8.60. The maximum absolute atomic E-state index is 5.34. The summed E-state index contributed by atoms with van der Waals surface area (Å²) in [5.74, 6) is 0. The van der Waals surface area contributed by atoms with E-state index in [1.165, 1.54) is 21.3 Å². The van der Waals surface area contributed by atoms with Crippen LogP contribution in [0.3, 0.4) is 0 Å². The maximum atomic E-state index is 5.34. The van der Waals surface area contributed by atoms with Crippen molar-refractivity contribution >= 4 is 13.7 Å². The Morgan fingerprint density at radius 3 is 1.77 bits per heavy atom. The first-order chi connectivity index (χ1) is 5.96. The van der Waals surface area contributed by atoms with E-state index in [-0.39, 0.29) is 0 Å². The molecule has 0 fully saturated rings. The van der Waals surface area contributed by atoms with E-state index in [0.29, 0.717) is 0 Å². The molecular formula is C7H16NO4P.